The SMILES string of the molecule is Nc1cc(Cl)cc2[nH]c(C3CCOc4ccccc43)nc12. The fourth-order valence-electron chi connectivity index (χ4n) is 2.92. The minimum Gasteiger partial charge on any atom is -0.493 e. The second kappa shape index (κ2) is 4.67. The first kappa shape index (κ1) is 12.5. The third-order valence-corrected chi connectivity index (χ3v) is 4.11. The smallest absolute Gasteiger partial charge is 0.123 e. The predicted molar refractivity (Wildman–Crippen MR) is 83.9 cm³/mol. The van der Waals surface area contributed by atoms with Crippen molar-refractivity contribution in [1.82, 2.24) is 9.97 Å². The highest BCUT2D eigenvalue weighted by atomic mass is 35.5. The Morgan fingerprint density at radius 3 is 3.05 bits per heavy atom. The molecular formula is C16H14ClN3O. The molecule has 0 amide bonds. The molecule has 1 aliphatic heterocycles. The molecule has 5 heteroatoms. The van der Waals surface area contributed by atoms with E-state index in [1.807, 2.05) is 24.3 Å². The largest absolute Gasteiger partial charge is 0.493 e. The number of ether oxygens (including phenoxy) is 1. The number of para-hydroxylation sites is 1. The van der Waals surface area contributed by atoms with Crippen molar-refractivity contribution in [1.29, 1.82) is 0 Å². The van der Waals surface area contributed by atoms with Crippen molar-refractivity contribution >= 4 is 28.3 Å². The molecule has 0 radical (unpaired) electrons. The van der Waals surface area contributed by atoms with Gasteiger partial charge in [0.15, 0.2) is 0 Å². The van der Waals surface area contributed by atoms with Crippen LogP contribution >= 0.6 is 11.6 Å². The van der Waals surface area contributed by atoms with Crippen LogP contribution in [-0.4, -0.2) is 16.6 Å². The summed E-state index contributed by atoms with van der Waals surface area (Å²) in [4.78, 5) is 8.04. The summed E-state index contributed by atoms with van der Waals surface area (Å²) in [7, 11) is 0. The number of anilines is 1. The molecule has 2 heterocycles. The molecule has 0 bridgehead atoms. The summed E-state index contributed by atoms with van der Waals surface area (Å²) in [5, 5.41) is 0.613. The van der Waals surface area contributed by atoms with Crippen molar-refractivity contribution in [3.63, 3.8) is 0 Å². The Labute approximate surface area is 126 Å². The van der Waals surface area contributed by atoms with E-state index in [-0.39, 0.29) is 5.92 Å². The third-order valence-electron chi connectivity index (χ3n) is 3.89. The van der Waals surface area contributed by atoms with Crippen LogP contribution in [0.5, 0.6) is 5.75 Å². The number of hydrogen-bond donors (Lipinski definition) is 2. The maximum atomic E-state index is 6.05. The first-order chi connectivity index (χ1) is 10.2. The molecule has 0 aliphatic carbocycles. The van der Waals surface area contributed by atoms with E-state index in [4.69, 9.17) is 22.1 Å². The van der Waals surface area contributed by atoms with Crippen LogP contribution < -0.4 is 10.5 Å². The van der Waals surface area contributed by atoms with Crippen molar-refractivity contribution in [2.45, 2.75) is 12.3 Å². The number of aromatic nitrogens is 2. The highest BCUT2D eigenvalue weighted by molar-refractivity contribution is 6.31. The van der Waals surface area contributed by atoms with Crippen LogP contribution in [0.4, 0.5) is 5.69 Å². The van der Waals surface area contributed by atoms with Crippen LogP contribution in [0.1, 0.15) is 23.7 Å². The average Bonchev–Trinajstić information content (AvgIpc) is 2.90. The number of nitrogen functional groups attached to an aromatic ring is 1. The van der Waals surface area contributed by atoms with Crippen molar-refractivity contribution in [3.8, 4) is 5.75 Å². The lowest BCUT2D eigenvalue weighted by molar-refractivity contribution is 0.275. The van der Waals surface area contributed by atoms with Gasteiger partial charge in [0.1, 0.15) is 17.1 Å². The summed E-state index contributed by atoms with van der Waals surface area (Å²) in [5.74, 6) is 2.04. The number of benzene rings is 2. The Morgan fingerprint density at radius 2 is 2.14 bits per heavy atom. The molecule has 1 atom stereocenters. The fraction of sp³-hybridized carbons (Fsp3) is 0.188. The van der Waals surface area contributed by atoms with Crippen LogP contribution in [-0.2, 0) is 0 Å². The molecule has 4 rings (SSSR count). The lowest BCUT2D eigenvalue weighted by Gasteiger charge is -2.24. The topological polar surface area (TPSA) is 63.9 Å². The second-order valence-electron chi connectivity index (χ2n) is 5.24. The molecule has 0 saturated carbocycles. The normalized spacial score (nSPS) is 17.5. The van der Waals surface area contributed by atoms with Crippen LogP contribution in [0.15, 0.2) is 36.4 Å². The maximum absolute atomic E-state index is 6.05. The van der Waals surface area contributed by atoms with E-state index in [0.29, 0.717) is 17.3 Å². The van der Waals surface area contributed by atoms with Gasteiger partial charge in [-0.25, -0.2) is 4.98 Å². The molecule has 1 aromatic heterocycles. The summed E-state index contributed by atoms with van der Waals surface area (Å²) < 4.78 is 5.70. The highest BCUT2D eigenvalue weighted by Gasteiger charge is 2.25. The standard InChI is InChI=1S/C16H14ClN3O/c17-9-7-12(18)15-13(8-9)19-16(20-15)11-5-6-21-14-4-2-1-3-10(11)14/h1-4,7-8,11H,5-6,18H2,(H,19,20). The third kappa shape index (κ3) is 2.03. The molecule has 1 aliphatic rings. The Kier molecular flexibility index (Phi) is 2.79. The summed E-state index contributed by atoms with van der Waals surface area (Å²) >= 11 is 6.05. The summed E-state index contributed by atoms with van der Waals surface area (Å²) in [6.07, 6.45) is 0.893. The molecule has 3 aromatic rings. The van der Waals surface area contributed by atoms with E-state index in [0.717, 1.165) is 34.6 Å². The minimum absolute atomic E-state index is 0.195. The Balaban J connectivity index is 1.86. The number of nitrogens with two attached hydrogens (primary N) is 1. The molecule has 21 heavy (non-hydrogen) atoms. The highest BCUT2D eigenvalue weighted by Crippen LogP contribution is 2.38. The second-order valence-corrected chi connectivity index (χ2v) is 5.68. The summed E-state index contributed by atoms with van der Waals surface area (Å²) in [6, 6.07) is 11.7. The zero-order valence-corrected chi connectivity index (χ0v) is 12.0. The van der Waals surface area contributed by atoms with Gasteiger partial charge in [0.2, 0.25) is 0 Å². The average molecular weight is 300 g/mol. The predicted octanol–water partition coefficient (Wildman–Crippen LogP) is 3.71. The number of hydrogen-bond acceptors (Lipinski definition) is 3. The van der Waals surface area contributed by atoms with Crippen molar-refractivity contribution in [2.75, 3.05) is 12.3 Å². The van der Waals surface area contributed by atoms with E-state index in [2.05, 4.69) is 16.0 Å². The van der Waals surface area contributed by atoms with Crippen LogP contribution in [0.3, 0.4) is 0 Å². The molecule has 1 unspecified atom stereocenters. The molecule has 0 spiro atoms. The quantitative estimate of drug-likeness (QED) is 0.673. The summed E-state index contributed by atoms with van der Waals surface area (Å²) in [6.45, 7) is 0.689. The monoisotopic (exact) mass is 299 g/mol. The van der Waals surface area contributed by atoms with E-state index in [1.165, 1.54) is 0 Å². The lowest BCUT2D eigenvalue weighted by atomic mass is 9.92. The molecule has 0 fully saturated rings. The van der Waals surface area contributed by atoms with E-state index >= 15 is 0 Å². The molecule has 0 saturated heterocycles. The first-order valence-electron chi connectivity index (χ1n) is 6.89. The van der Waals surface area contributed by atoms with E-state index < -0.39 is 0 Å². The van der Waals surface area contributed by atoms with Gasteiger partial charge in [-0.05, 0) is 24.6 Å². The van der Waals surface area contributed by atoms with Gasteiger partial charge in [-0.1, -0.05) is 29.8 Å². The van der Waals surface area contributed by atoms with Crippen LogP contribution in [0, 0.1) is 0 Å². The number of rotatable bonds is 1. The van der Waals surface area contributed by atoms with E-state index in [1.54, 1.807) is 6.07 Å². The number of H-pyrrole nitrogens is 1. The van der Waals surface area contributed by atoms with E-state index in [9.17, 15) is 0 Å². The molecular weight excluding hydrogens is 286 g/mol. The Morgan fingerprint density at radius 1 is 1.29 bits per heavy atom. The van der Waals surface area contributed by atoms with Crippen LogP contribution in [0.25, 0.3) is 11.0 Å². The Bertz CT molecular complexity index is 828. The number of nitrogens with one attached hydrogen (secondary N) is 1. The first-order valence-corrected chi connectivity index (χ1v) is 7.26. The fourth-order valence-corrected chi connectivity index (χ4v) is 3.14. The number of halogens is 1. The van der Waals surface area contributed by atoms with Crippen molar-refractivity contribution < 1.29 is 4.74 Å². The van der Waals surface area contributed by atoms with Gasteiger partial charge < -0.3 is 15.5 Å². The zero-order chi connectivity index (χ0) is 14.4. The number of imidazole rings is 1. The van der Waals surface area contributed by atoms with Crippen LogP contribution in [0.2, 0.25) is 5.02 Å². The zero-order valence-electron chi connectivity index (χ0n) is 11.3. The maximum Gasteiger partial charge on any atom is 0.123 e. The molecule has 3 N–H and O–H groups in total. The van der Waals surface area contributed by atoms with Gasteiger partial charge in [-0.3, -0.25) is 0 Å². The lowest BCUT2D eigenvalue weighted by Crippen LogP contribution is -2.16. The number of fused-ring (bicyclic) bond motifs is 2. The number of nitrogens with zero attached hydrogens (tertiary/aromatic N) is 1. The molecule has 106 valence electrons. The van der Waals surface area contributed by atoms with Crippen molar-refractivity contribution in [3.05, 3.63) is 52.8 Å². The van der Waals surface area contributed by atoms with Gasteiger partial charge >= 0.3 is 0 Å². The molecule has 2 aromatic carbocycles. The van der Waals surface area contributed by atoms with Gasteiger partial charge in [0.05, 0.1) is 17.8 Å². The van der Waals surface area contributed by atoms with Gasteiger partial charge in [0, 0.05) is 16.5 Å². The Hall–Kier alpha value is -2.20. The summed E-state index contributed by atoms with van der Waals surface area (Å²) in [5.41, 5.74) is 9.41. The van der Waals surface area contributed by atoms with Gasteiger partial charge in [0.25, 0.3) is 0 Å². The van der Waals surface area contributed by atoms with Crippen molar-refractivity contribution in [2.24, 2.45) is 0 Å². The van der Waals surface area contributed by atoms with Gasteiger partial charge in [-0.2, -0.15) is 0 Å². The minimum atomic E-state index is 0.195. The number of aromatic amines is 1. The molecule has 4 nitrogen and oxygen atoms in total. The van der Waals surface area contributed by atoms with Gasteiger partial charge in [-0.15, -0.1) is 0 Å².